The minimum atomic E-state index is -3.54. The fourth-order valence-corrected chi connectivity index (χ4v) is 5.13. The van der Waals surface area contributed by atoms with Gasteiger partial charge in [0.2, 0.25) is 16.0 Å². The fourth-order valence-electron chi connectivity index (χ4n) is 3.71. The van der Waals surface area contributed by atoms with Gasteiger partial charge in [0.05, 0.1) is 4.90 Å². The number of carbonyl (C=O) groups is 1. The van der Waals surface area contributed by atoms with Gasteiger partial charge < -0.3 is 15.5 Å². The molecule has 0 unspecified atom stereocenters. The van der Waals surface area contributed by atoms with Crippen molar-refractivity contribution in [3.05, 3.63) is 71.5 Å². The van der Waals surface area contributed by atoms with Crippen molar-refractivity contribution in [2.45, 2.75) is 18.7 Å². The smallest absolute Gasteiger partial charge is 0.255 e. The number of nitrogens with zero attached hydrogens (tertiary/aromatic N) is 4. The quantitative estimate of drug-likeness (QED) is 0.558. The van der Waals surface area contributed by atoms with E-state index in [0.717, 1.165) is 17.1 Å². The highest BCUT2D eigenvalue weighted by Crippen LogP contribution is 2.21. The number of sulfonamides is 1. The van der Waals surface area contributed by atoms with E-state index < -0.39 is 10.0 Å². The molecule has 1 fully saturated rings. The lowest BCUT2D eigenvalue weighted by atomic mass is 10.2. The van der Waals surface area contributed by atoms with Crippen LogP contribution < -0.4 is 10.6 Å². The molecule has 0 aliphatic carbocycles. The fraction of sp³-hybridized carbons (Fsp3) is 0.292. The van der Waals surface area contributed by atoms with E-state index in [0.29, 0.717) is 43.4 Å². The Bertz CT molecular complexity index is 1250. The molecule has 0 atom stereocenters. The highest BCUT2D eigenvalue weighted by molar-refractivity contribution is 7.89. The Balaban J connectivity index is 1.39. The average Bonchev–Trinajstić information content (AvgIpc) is 2.79. The van der Waals surface area contributed by atoms with Gasteiger partial charge in [0.15, 0.2) is 0 Å². The summed E-state index contributed by atoms with van der Waals surface area (Å²) < 4.78 is 27.2. The largest absolute Gasteiger partial charge is 0.324 e. The van der Waals surface area contributed by atoms with Crippen molar-refractivity contribution in [1.82, 2.24) is 19.2 Å². The molecule has 178 valence electrons. The number of carbonyl (C=O) groups excluding carboxylic acids is 1. The molecule has 0 bridgehead atoms. The second-order valence-electron chi connectivity index (χ2n) is 8.36. The number of rotatable bonds is 6. The minimum Gasteiger partial charge on any atom is -0.324 e. The number of likely N-dealkylation sites (N-methyl/N-ethyl adjacent to an activating group) is 1. The van der Waals surface area contributed by atoms with Crippen molar-refractivity contribution in [3.63, 3.8) is 0 Å². The number of hydrogen-bond donors (Lipinski definition) is 2. The van der Waals surface area contributed by atoms with E-state index in [1.165, 1.54) is 16.4 Å². The van der Waals surface area contributed by atoms with Crippen LogP contribution in [0.4, 0.5) is 17.3 Å². The molecule has 0 radical (unpaired) electrons. The molecule has 1 aliphatic heterocycles. The van der Waals surface area contributed by atoms with E-state index in [9.17, 15) is 13.2 Å². The van der Waals surface area contributed by atoms with Crippen LogP contribution in [0.1, 0.15) is 21.7 Å². The summed E-state index contributed by atoms with van der Waals surface area (Å²) in [6, 6.07) is 15.1. The van der Waals surface area contributed by atoms with E-state index in [-0.39, 0.29) is 10.8 Å². The molecule has 0 spiro atoms. The SMILES string of the molecule is Cc1cc(C)nc(Nc2ccc(C(=O)Nc3ccc(S(=O)(=O)N4CCN(C)CC4)cc3)cc2)n1. The number of aromatic nitrogens is 2. The molecule has 1 saturated heterocycles. The number of piperazine rings is 1. The van der Waals surface area contributed by atoms with Crippen LogP contribution in [0.3, 0.4) is 0 Å². The second-order valence-corrected chi connectivity index (χ2v) is 10.3. The first-order chi connectivity index (χ1) is 16.2. The van der Waals surface area contributed by atoms with Crippen molar-refractivity contribution in [1.29, 1.82) is 0 Å². The van der Waals surface area contributed by atoms with Gasteiger partial charge in [0.25, 0.3) is 5.91 Å². The van der Waals surface area contributed by atoms with Gasteiger partial charge in [0, 0.05) is 54.5 Å². The van der Waals surface area contributed by atoms with Gasteiger partial charge in [-0.05, 0) is 75.5 Å². The van der Waals surface area contributed by atoms with Crippen molar-refractivity contribution in [2.24, 2.45) is 0 Å². The monoisotopic (exact) mass is 480 g/mol. The number of benzene rings is 2. The maximum Gasteiger partial charge on any atom is 0.255 e. The minimum absolute atomic E-state index is 0.221. The van der Waals surface area contributed by atoms with E-state index >= 15 is 0 Å². The molecule has 10 heteroatoms. The predicted molar refractivity (Wildman–Crippen MR) is 132 cm³/mol. The first-order valence-corrected chi connectivity index (χ1v) is 12.4. The zero-order chi connectivity index (χ0) is 24.3. The first-order valence-electron chi connectivity index (χ1n) is 11.0. The lowest BCUT2D eigenvalue weighted by Crippen LogP contribution is -2.46. The van der Waals surface area contributed by atoms with Gasteiger partial charge in [-0.2, -0.15) is 4.31 Å². The second kappa shape index (κ2) is 9.88. The molecule has 3 aromatic rings. The van der Waals surface area contributed by atoms with Crippen LogP contribution in [-0.2, 0) is 10.0 Å². The first kappa shape index (κ1) is 23.8. The summed E-state index contributed by atoms with van der Waals surface area (Å²) in [7, 11) is -1.57. The van der Waals surface area contributed by atoms with Crippen molar-refractivity contribution in [2.75, 3.05) is 43.9 Å². The van der Waals surface area contributed by atoms with Crippen LogP contribution in [0.15, 0.2) is 59.5 Å². The molecule has 34 heavy (non-hydrogen) atoms. The third-order valence-electron chi connectivity index (χ3n) is 5.60. The molecule has 1 amide bonds. The summed E-state index contributed by atoms with van der Waals surface area (Å²) in [5.74, 6) is 0.213. The number of anilines is 3. The van der Waals surface area contributed by atoms with Crippen LogP contribution in [0, 0.1) is 13.8 Å². The van der Waals surface area contributed by atoms with Crippen LogP contribution in [0.2, 0.25) is 0 Å². The van der Waals surface area contributed by atoms with Crippen molar-refractivity contribution in [3.8, 4) is 0 Å². The molecule has 9 nitrogen and oxygen atoms in total. The van der Waals surface area contributed by atoms with Crippen LogP contribution >= 0.6 is 0 Å². The zero-order valence-corrected chi connectivity index (χ0v) is 20.3. The molecule has 4 rings (SSSR count). The Kier molecular flexibility index (Phi) is 6.92. The molecule has 2 N–H and O–H groups in total. The summed E-state index contributed by atoms with van der Waals surface area (Å²) >= 11 is 0. The molecule has 1 aromatic heterocycles. The third kappa shape index (κ3) is 5.58. The molecule has 2 heterocycles. The molecular weight excluding hydrogens is 452 g/mol. The number of hydrogen-bond acceptors (Lipinski definition) is 7. The van der Waals surface area contributed by atoms with E-state index in [1.54, 1.807) is 36.4 Å². The Hall–Kier alpha value is -3.34. The Labute approximate surface area is 199 Å². The standard InChI is InChI=1S/C24H28N6O3S/c1-17-16-18(2)26-24(25-17)28-21-6-4-19(5-7-21)23(31)27-20-8-10-22(11-9-20)34(32,33)30-14-12-29(3)13-15-30/h4-11,16H,12-15H2,1-3H3,(H,27,31)(H,25,26,28). The summed E-state index contributed by atoms with van der Waals surface area (Å²) in [5.41, 5.74) is 3.50. The topological polar surface area (TPSA) is 108 Å². The Morgan fingerprint density at radius 3 is 2.00 bits per heavy atom. The van der Waals surface area contributed by atoms with Crippen molar-refractivity contribution < 1.29 is 13.2 Å². The highest BCUT2D eigenvalue weighted by atomic mass is 32.2. The summed E-state index contributed by atoms with van der Waals surface area (Å²) in [6.45, 7) is 6.16. The van der Waals surface area contributed by atoms with Gasteiger partial charge in [-0.25, -0.2) is 18.4 Å². The lowest BCUT2D eigenvalue weighted by Gasteiger charge is -2.31. The highest BCUT2D eigenvalue weighted by Gasteiger charge is 2.27. The van der Waals surface area contributed by atoms with Gasteiger partial charge in [-0.3, -0.25) is 4.79 Å². The summed E-state index contributed by atoms with van der Waals surface area (Å²) in [5, 5.41) is 5.94. The van der Waals surface area contributed by atoms with Crippen LogP contribution in [0.25, 0.3) is 0 Å². The van der Waals surface area contributed by atoms with Gasteiger partial charge in [-0.1, -0.05) is 0 Å². The number of aryl methyl sites for hydroxylation is 2. The van der Waals surface area contributed by atoms with Gasteiger partial charge in [-0.15, -0.1) is 0 Å². The van der Waals surface area contributed by atoms with E-state index in [4.69, 9.17) is 0 Å². The van der Waals surface area contributed by atoms with E-state index in [1.807, 2.05) is 27.0 Å². The number of nitrogens with one attached hydrogen (secondary N) is 2. The van der Waals surface area contributed by atoms with Gasteiger partial charge >= 0.3 is 0 Å². The Morgan fingerprint density at radius 1 is 0.853 bits per heavy atom. The third-order valence-corrected chi connectivity index (χ3v) is 7.51. The molecule has 2 aromatic carbocycles. The maximum absolute atomic E-state index is 12.9. The molecule has 1 aliphatic rings. The molecular formula is C24H28N6O3S. The summed E-state index contributed by atoms with van der Waals surface area (Å²) in [6.07, 6.45) is 0. The van der Waals surface area contributed by atoms with Crippen LogP contribution in [-0.4, -0.2) is 66.7 Å². The molecule has 0 saturated carbocycles. The van der Waals surface area contributed by atoms with Gasteiger partial charge in [0.1, 0.15) is 0 Å². The van der Waals surface area contributed by atoms with Crippen molar-refractivity contribution >= 4 is 33.3 Å². The number of amides is 1. The zero-order valence-electron chi connectivity index (χ0n) is 19.4. The average molecular weight is 481 g/mol. The normalized spacial score (nSPS) is 15.1. The predicted octanol–water partition coefficient (Wildman–Crippen LogP) is 3.03. The summed E-state index contributed by atoms with van der Waals surface area (Å²) in [4.78, 5) is 23.7. The lowest BCUT2D eigenvalue weighted by molar-refractivity contribution is 0.102. The maximum atomic E-state index is 12.9. The Morgan fingerprint density at radius 2 is 1.41 bits per heavy atom. The van der Waals surface area contributed by atoms with E-state index in [2.05, 4.69) is 25.5 Å². The van der Waals surface area contributed by atoms with Crippen LogP contribution in [0.5, 0.6) is 0 Å².